The molecule has 0 spiro atoms. The molecule has 2 heterocycles. The van der Waals surface area contributed by atoms with Crippen LogP contribution in [0.3, 0.4) is 0 Å². The first-order valence-electron chi connectivity index (χ1n) is 8.57. The molecular formula is C19H23BrN2O. The second-order valence-electron chi connectivity index (χ2n) is 6.89. The van der Waals surface area contributed by atoms with Gasteiger partial charge in [-0.15, -0.1) is 0 Å². The van der Waals surface area contributed by atoms with Crippen molar-refractivity contribution in [1.82, 2.24) is 10.6 Å². The first kappa shape index (κ1) is 15.3. The smallest absolute Gasteiger partial charge is 0.115 e. The zero-order valence-corrected chi connectivity index (χ0v) is 14.8. The van der Waals surface area contributed by atoms with E-state index in [2.05, 4.69) is 44.9 Å². The van der Waals surface area contributed by atoms with Crippen molar-refractivity contribution in [2.75, 3.05) is 13.1 Å². The highest BCUT2D eigenvalue weighted by atomic mass is 79.9. The minimum absolute atomic E-state index is 0.380. The Morgan fingerprint density at radius 2 is 1.96 bits per heavy atom. The number of aryl methyl sites for hydroxylation is 1. The Hall–Kier alpha value is -1.26. The molecule has 2 unspecified atom stereocenters. The highest BCUT2D eigenvalue weighted by molar-refractivity contribution is 9.11. The van der Waals surface area contributed by atoms with Crippen LogP contribution in [-0.4, -0.2) is 24.2 Å². The SMILES string of the molecule is Oc1ccc2c(c1)CCC1=CC(Br)=CNC1C2C1CCNCC1. The first-order valence-corrected chi connectivity index (χ1v) is 9.36. The van der Waals surface area contributed by atoms with E-state index in [1.807, 2.05) is 12.1 Å². The number of piperidine rings is 1. The van der Waals surface area contributed by atoms with Gasteiger partial charge in [0, 0.05) is 16.6 Å². The van der Waals surface area contributed by atoms with E-state index in [1.54, 1.807) is 0 Å². The van der Waals surface area contributed by atoms with Gasteiger partial charge in [-0.25, -0.2) is 0 Å². The average Bonchev–Trinajstić information content (AvgIpc) is 2.72. The van der Waals surface area contributed by atoms with Gasteiger partial charge in [0.2, 0.25) is 0 Å². The highest BCUT2D eigenvalue weighted by Crippen LogP contribution is 2.43. The second-order valence-corrected chi connectivity index (χ2v) is 7.80. The Balaban J connectivity index is 1.78. The molecule has 1 fully saturated rings. The average molecular weight is 375 g/mol. The molecule has 3 aliphatic rings. The predicted molar refractivity (Wildman–Crippen MR) is 96.8 cm³/mol. The van der Waals surface area contributed by atoms with Crippen LogP contribution in [0.4, 0.5) is 0 Å². The van der Waals surface area contributed by atoms with E-state index >= 15 is 0 Å². The van der Waals surface area contributed by atoms with Gasteiger partial charge >= 0.3 is 0 Å². The Labute approximate surface area is 146 Å². The molecular weight excluding hydrogens is 352 g/mol. The van der Waals surface area contributed by atoms with Gasteiger partial charge in [-0.05, 0) is 95.5 Å². The van der Waals surface area contributed by atoms with Crippen molar-refractivity contribution in [3.05, 3.63) is 51.7 Å². The molecule has 1 aliphatic carbocycles. The minimum atomic E-state index is 0.380. The number of hydrogen-bond acceptors (Lipinski definition) is 3. The zero-order valence-electron chi connectivity index (χ0n) is 13.2. The topological polar surface area (TPSA) is 44.3 Å². The first-order chi connectivity index (χ1) is 11.2. The number of hydrogen-bond donors (Lipinski definition) is 3. The number of phenols is 1. The summed E-state index contributed by atoms with van der Waals surface area (Å²) in [6, 6.07) is 6.38. The van der Waals surface area contributed by atoms with E-state index in [0.717, 1.165) is 30.4 Å². The molecule has 1 aromatic rings. The van der Waals surface area contributed by atoms with Crippen LogP contribution in [0.5, 0.6) is 5.75 Å². The summed E-state index contributed by atoms with van der Waals surface area (Å²) in [6.45, 7) is 2.22. The minimum Gasteiger partial charge on any atom is -0.508 e. The molecule has 3 N–H and O–H groups in total. The zero-order chi connectivity index (χ0) is 15.8. The van der Waals surface area contributed by atoms with Gasteiger partial charge in [0.25, 0.3) is 0 Å². The van der Waals surface area contributed by atoms with Crippen LogP contribution < -0.4 is 10.6 Å². The standard InChI is InChI=1S/C19H23BrN2O/c20-15-9-14-2-1-13-10-16(23)3-4-17(13)18(19(14)22-11-15)12-5-7-21-8-6-12/h3-4,9-12,18-19,21-23H,1-2,5-8H2. The van der Waals surface area contributed by atoms with Crippen LogP contribution in [0.1, 0.15) is 36.3 Å². The van der Waals surface area contributed by atoms with E-state index in [-0.39, 0.29) is 0 Å². The summed E-state index contributed by atoms with van der Waals surface area (Å²) in [5.41, 5.74) is 4.24. The van der Waals surface area contributed by atoms with Crippen molar-refractivity contribution in [2.24, 2.45) is 5.92 Å². The summed E-state index contributed by atoms with van der Waals surface area (Å²) >= 11 is 3.61. The maximum absolute atomic E-state index is 9.92. The van der Waals surface area contributed by atoms with Crippen molar-refractivity contribution in [3.63, 3.8) is 0 Å². The lowest BCUT2D eigenvalue weighted by atomic mass is 9.73. The van der Waals surface area contributed by atoms with E-state index in [4.69, 9.17) is 0 Å². The van der Waals surface area contributed by atoms with E-state index in [0.29, 0.717) is 23.6 Å². The number of nitrogens with one attached hydrogen (secondary N) is 2. The van der Waals surface area contributed by atoms with E-state index < -0.39 is 0 Å². The Bertz CT molecular complexity index is 661. The highest BCUT2D eigenvalue weighted by Gasteiger charge is 2.37. The summed E-state index contributed by atoms with van der Waals surface area (Å²) in [5, 5.41) is 17.1. The van der Waals surface area contributed by atoms with E-state index in [1.165, 1.54) is 29.5 Å². The summed E-state index contributed by atoms with van der Waals surface area (Å²) in [7, 11) is 0. The lowest BCUT2D eigenvalue weighted by Gasteiger charge is -2.38. The number of phenolic OH excluding ortho intramolecular Hbond substituents is 1. The third-order valence-corrected chi connectivity index (χ3v) is 6.00. The van der Waals surface area contributed by atoms with Gasteiger partial charge < -0.3 is 15.7 Å². The molecule has 0 aromatic heterocycles. The van der Waals surface area contributed by atoms with E-state index in [9.17, 15) is 5.11 Å². The number of rotatable bonds is 1. The van der Waals surface area contributed by atoms with Crippen molar-refractivity contribution in [2.45, 2.75) is 37.6 Å². The van der Waals surface area contributed by atoms with Crippen LogP contribution >= 0.6 is 15.9 Å². The molecule has 4 rings (SSSR count). The molecule has 23 heavy (non-hydrogen) atoms. The third-order valence-electron chi connectivity index (χ3n) is 5.54. The normalized spacial score (nSPS) is 27.9. The van der Waals surface area contributed by atoms with Crippen LogP contribution in [-0.2, 0) is 6.42 Å². The fourth-order valence-electron chi connectivity index (χ4n) is 4.47. The lowest BCUT2D eigenvalue weighted by molar-refractivity contribution is 0.288. The molecule has 0 amide bonds. The van der Waals surface area contributed by atoms with Gasteiger partial charge in [-0.3, -0.25) is 0 Å². The van der Waals surface area contributed by atoms with Crippen LogP contribution in [0.15, 0.2) is 40.5 Å². The van der Waals surface area contributed by atoms with Gasteiger partial charge in [-0.2, -0.15) is 0 Å². The largest absolute Gasteiger partial charge is 0.508 e. The maximum Gasteiger partial charge on any atom is 0.115 e. The molecule has 122 valence electrons. The van der Waals surface area contributed by atoms with Crippen molar-refractivity contribution >= 4 is 15.9 Å². The Morgan fingerprint density at radius 1 is 1.13 bits per heavy atom. The van der Waals surface area contributed by atoms with Crippen LogP contribution in [0.2, 0.25) is 0 Å². The van der Waals surface area contributed by atoms with Crippen molar-refractivity contribution in [1.29, 1.82) is 0 Å². The number of halogens is 1. The fraction of sp³-hybridized carbons (Fsp3) is 0.474. The molecule has 2 atom stereocenters. The number of allylic oxidation sites excluding steroid dienone is 2. The quantitative estimate of drug-likeness (QED) is 0.703. The summed E-state index contributed by atoms with van der Waals surface area (Å²) in [5.74, 6) is 1.56. The number of benzene rings is 1. The number of dihydropyridines is 1. The third kappa shape index (κ3) is 2.94. The molecule has 4 heteroatoms. The van der Waals surface area contributed by atoms with Gasteiger partial charge in [0.05, 0.1) is 6.04 Å². The van der Waals surface area contributed by atoms with Gasteiger partial charge in [-0.1, -0.05) is 6.07 Å². The summed E-state index contributed by atoms with van der Waals surface area (Å²) in [4.78, 5) is 0. The van der Waals surface area contributed by atoms with Gasteiger partial charge in [0.15, 0.2) is 0 Å². The maximum atomic E-state index is 9.92. The number of fused-ring (bicyclic) bond motifs is 2. The van der Waals surface area contributed by atoms with Gasteiger partial charge in [0.1, 0.15) is 5.75 Å². The summed E-state index contributed by atoms with van der Waals surface area (Å²) < 4.78 is 1.13. The Morgan fingerprint density at radius 3 is 2.78 bits per heavy atom. The molecule has 3 nitrogen and oxygen atoms in total. The van der Waals surface area contributed by atoms with Crippen LogP contribution in [0.25, 0.3) is 0 Å². The fourth-order valence-corrected chi connectivity index (χ4v) is 4.90. The monoisotopic (exact) mass is 374 g/mol. The molecule has 0 saturated carbocycles. The predicted octanol–water partition coefficient (Wildman–Crippen LogP) is 3.56. The van der Waals surface area contributed by atoms with Crippen LogP contribution in [0, 0.1) is 5.92 Å². The number of aromatic hydroxyl groups is 1. The summed E-state index contributed by atoms with van der Waals surface area (Å²) in [6.07, 6.45) is 8.89. The molecule has 1 saturated heterocycles. The molecule has 2 aliphatic heterocycles. The van der Waals surface area contributed by atoms with Crippen molar-refractivity contribution < 1.29 is 5.11 Å². The Kier molecular flexibility index (Phi) is 4.20. The molecule has 1 aromatic carbocycles. The van der Waals surface area contributed by atoms with Crippen molar-refractivity contribution in [3.8, 4) is 5.75 Å². The molecule has 0 radical (unpaired) electrons. The lowest BCUT2D eigenvalue weighted by Crippen LogP contribution is -2.41. The molecule has 0 bridgehead atoms. The second kappa shape index (κ2) is 6.33.